The van der Waals surface area contributed by atoms with E-state index in [0.717, 1.165) is 17.5 Å². The lowest BCUT2D eigenvalue weighted by atomic mass is 10.1. The number of hydroxylamine groups is 4. The molecule has 0 aliphatic rings. The van der Waals surface area contributed by atoms with Crippen molar-refractivity contribution in [3.8, 4) is 0 Å². The average molecular weight is 686 g/mol. The van der Waals surface area contributed by atoms with Gasteiger partial charge in [-0.2, -0.15) is 9.05 Å². The van der Waals surface area contributed by atoms with Crippen LogP contribution in [0.3, 0.4) is 0 Å². The van der Waals surface area contributed by atoms with Crippen molar-refractivity contribution in [1.82, 2.24) is 10.1 Å². The third-order valence-electron chi connectivity index (χ3n) is 6.83. The van der Waals surface area contributed by atoms with Gasteiger partial charge in [-0.1, -0.05) is 60.7 Å². The van der Waals surface area contributed by atoms with E-state index in [1.165, 1.54) is 0 Å². The highest BCUT2D eigenvalue weighted by atomic mass is 31.2. The summed E-state index contributed by atoms with van der Waals surface area (Å²) in [5.41, 5.74) is 2.13. The highest BCUT2D eigenvalue weighted by Crippen LogP contribution is 2.63. The molecule has 14 heteroatoms. The molecule has 1 atom stereocenters. The molecule has 0 saturated heterocycles. The van der Waals surface area contributed by atoms with Crippen molar-refractivity contribution >= 4 is 27.4 Å². The van der Waals surface area contributed by atoms with Crippen LogP contribution in [0.25, 0.3) is 0 Å². The second kappa shape index (κ2) is 22.4. The van der Waals surface area contributed by atoms with Gasteiger partial charge in [0, 0.05) is 25.8 Å². The maximum absolute atomic E-state index is 13.4. The van der Waals surface area contributed by atoms with E-state index >= 15 is 0 Å². The Morgan fingerprint density at radius 3 is 1.80 bits per heavy atom. The Labute approximate surface area is 274 Å². The van der Waals surface area contributed by atoms with Gasteiger partial charge in [-0.3, -0.25) is 29.1 Å². The van der Waals surface area contributed by atoms with E-state index < -0.39 is 28.2 Å². The zero-order chi connectivity index (χ0) is 33.7. The van der Waals surface area contributed by atoms with Crippen LogP contribution in [-0.2, 0) is 49.6 Å². The van der Waals surface area contributed by atoms with Crippen LogP contribution in [0, 0.1) is 0 Å². The molecule has 1 unspecified atom stereocenters. The van der Waals surface area contributed by atoms with E-state index in [1.54, 1.807) is 20.8 Å². The fourth-order valence-electron chi connectivity index (χ4n) is 4.57. The van der Waals surface area contributed by atoms with E-state index in [0.29, 0.717) is 29.4 Å². The molecule has 0 aromatic heterocycles. The fourth-order valence-corrected chi connectivity index (χ4v) is 8.26. The van der Waals surface area contributed by atoms with Crippen molar-refractivity contribution in [1.29, 1.82) is 0 Å². The Bertz CT molecular complexity index is 1170. The Morgan fingerprint density at radius 2 is 1.24 bits per heavy atom. The molecule has 46 heavy (non-hydrogen) atoms. The molecule has 2 aromatic rings. The minimum Gasteiger partial charge on any atom is -0.309 e. The first-order chi connectivity index (χ1) is 22.2. The molecule has 0 bridgehead atoms. The molecular formula is C32H51N2O10P2+. The molecule has 2 N–H and O–H groups in total. The summed E-state index contributed by atoms with van der Waals surface area (Å²) in [7, 11) is -6.62. The molecule has 2 rings (SSSR count). The Balaban J connectivity index is 1.82. The standard InChI is InChI=1S/C32H51N2O10P2/c1-4-40-45(39,26-14-24-34(38)32(36)23-22-30-18-11-8-12-19-30)43-28-44-46(41-5-2,42-6-3)27-15-25-33(37)31(35)21-13-20-29-16-9-7-10-17-29/h7-12,16-19,37-38H,4-6,13-15,20-28H2,1-3H3/q+1. The summed E-state index contributed by atoms with van der Waals surface area (Å²) < 4.78 is 42.1. The van der Waals surface area contributed by atoms with E-state index in [2.05, 4.69) is 0 Å². The topological polar surface area (TPSA) is 144 Å². The van der Waals surface area contributed by atoms with Crippen molar-refractivity contribution in [2.24, 2.45) is 0 Å². The summed E-state index contributed by atoms with van der Waals surface area (Å²) in [6.45, 7) is 5.54. The number of benzene rings is 2. The van der Waals surface area contributed by atoms with E-state index in [-0.39, 0.29) is 70.4 Å². The lowest BCUT2D eigenvalue weighted by molar-refractivity contribution is -0.165. The van der Waals surface area contributed by atoms with E-state index in [1.807, 2.05) is 60.7 Å². The summed E-state index contributed by atoms with van der Waals surface area (Å²) in [6, 6.07) is 19.4. The maximum Gasteiger partial charge on any atom is 0.413 e. The summed E-state index contributed by atoms with van der Waals surface area (Å²) in [5.74, 6) is -0.799. The molecular weight excluding hydrogens is 634 g/mol. The molecule has 0 spiro atoms. The minimum atomic E-state index is -3.64. The van der Waals surface area contributed by atoms with Crippen LogP contribution in [0.5, 0.6) is 0 Å². The van der Waals surface area contributed by atoms with E-state index in [9.17, 15) is 24.6 Å². The fraction of sp³-hybridized carbons (Fsp3) is 0.562. The number of amides is 2. The van der Waals surface area contributed by atoms with Crippen LogP contribution < -0.4 is 0 Å². The number of nitrogens with zero attached hydrogens (tertiary/aromatic N) is 2. The number of aryl methyl sites for hydroxylation is 2. The van der Waals surface area contributed by atoms with Gasteiger partial charge in [0.1, 0.15) is 6.16 Å². The highest BCUT2D eigenvalue weighted by molar-refractivity contribution is 7.61. The SMILES string of the molecule is CCOP(=O)(CCCN(O)C(=O)CCc1ccccc1)OCO[P+](CCCN(O)C(=O)CCCc1ccccc1)(OCC)OCC. The Hall–Kier alpha value is -2.24. The van der Waals surface area contributed by atoms with Crippen LogP contribution in [-0.4, -0.2) is 84.4 Å². The Kier molecular flexibility index (Phi) is 19.4. The number of carbonyl (C=O) groups is 2. The molecule has 0 aliphatic carbocycles. The first-order valence-electron chi connectivity index (χ1n) is 15.9. The molecule has 0 radical (unpaired) electrons. The van der Waals surface area contributed by atoms with Crippen molar-refractivity contribution in [2.45, 2.75) is 65.7 Å². The molecule has 0 aliphatic heterocycles. The van der Waals surface area contributed by atoms with Gasteiger partial charge < -0.3 is 4.52 Å². The van der Waals surface area contributed by atoms with Gasteiger partial charge in [-0.25, -0.2) is 10.1 Å². The summed E-state index contributed by atoms with van der Waals surface area (Å²) in [5, 5.41) is 21.8. The molecule has 0 heterocycles. The number of hydrogen-bond donors (Lipinski definition) is 2. The quantitative estimate of drug-likeness (QED) is 0.0489. The molecule has 2 amide bonds. The second-order valence-corrected chi connectivity index (χ2v) is 15.0. The number of rotatable bonds is 25. The van der Waals surface area contributed by atoms with Crippen LogP contribution in [0.2, 0.25) is 0 Å². The van der Waals surface area contributed by atoms with Crippen molar-refractivity contribution < 1.29 is 47.2 Å². The zero-order valence-corrected chi connectivity index (χ0v) is 29.1. The first kappa shape index (κ1) is 39.9. The number of carbonyl (C=O) groups excluding carboxylic acids is 2. The lowest BCUT2D eigenvalue weighted by Gasteiger charge is -2.24. The van der Waals surface area contributed by atoms with Gasteiger partial charge in [0.25, 0.3) is 0 Å². The smallest absolute Gasteiger partial charge is 0.309 e. The van der Waals surface area contributed by atoms with Crippen LogP contribution in [0.15, 0.2) is 60.7 Å². The highest BCUT2D eigenvalue weighted by Gasteiger charge is 2.45. The van der Waals surface area contributed by atoms with Gasteiger partial charge >= 0.3 is 15.5 Å². The van der Waals surface area contributed by atoms with Crippen LogP contribution >= 0.6 is 15.5 Å². The van der Waals surface area contributed by atoms with Crippen molar-refractivity contribution in [3.63, 3.8) is 0 Å². The minimum absolute atomic E-state index is 0.0353. The summed E-state index contributed by atoms with van der Waals surface area (Å²) >= 11 is 0. The monoisotopic (exact) mass is 685 g/mol. The predicted octanol–water partition coefficient (Wildman–Crippen LogP) is 6.91. The predicted molar refractivity (Wildman–Crippen MR) is 177 cm³/mol. The van der Waals surface area contributed by atoms with Crippen LogP contribution in [0.4, 0.5) is 0 Å². The normalized spacial score (nSPS) is 12.9. The summed E-state index contributed by atoms with van der Waals surface area (Å²) in [6.07, 6.45) is 2.95. The second-order valence-electron chi connectivity index (χ2n) is 10.4. The van der Waals surface area contributed by atoms with E-state index in [4.69, 9.17) is 22.6 Å². The average Bonchev–Trinajstić information content (AvgIpc) is 3.04. The zero-order valence-electron chi connectivity index (χ0n) is 27.3. The van der Waals surface area contributed by atoms with Gasteiger partial charge in [0.2, 0.25) is 18.6 Å². The third kappa shape index (κ3) is 15.6. The number of hydrogen-bond acceptors (Lipinski definition) is 10. The molecule has 258 valence electrons. The molecule has 12 nitrogen and oxygen atoms in total. The van der Waals surface area contributed by atoms with Crippen molar-refractivity contribution in [3.05, 3.63) is 71.8 Å². The van der Waals surface area contributed by atoms with Gasteiger partial charge in [0.05, 0.1) is 32.5 Å². The maximum atomic E-state index is 13.4. The molecule has 2 aromatic carbocycles. The first-order valence-corrected chi connectivity index (χ1v) is 19.4. The van der Waals surface area contributed by atoms with Gasteiger partial charge in [-0.05, 0) is 57.6 Å². The lowest BCUT2D eigenvalue weighted by Crippen LogP contribution is -2.29. The van der Waals surface area contributed by atoms with Crippen molar-refractivity contribution in [2.75, 3.05) is 52.0 Å². The Morgan fingerprint density at radius 1 is 0.696 bits per heavy atom. The van der Waals surface area contributed by atoms with Gasteiger partial charge in [-0.15, -0.1) is 4.52 Å². The van der Waals surface area contributed by atoms with Crippen LogP contribution in [0.1, 0.15) is 64.0 Å². The largest absolute Gasteiger partial charge is 0.413 e. The molecule has 0 fully saturated rings. The summed E-state index contributed by atoms with van der Waals surface area (Å²) in [4.78, 5) is 24.8. The van der Waals surface area contributed by atoms with Gasteiger partial charge in [0.15, 0.2) is 0 Å². The molecule has 0 saturated carbocycles. The third-order valence-corrected chi connectivity index (χ3v) is 11.5.